The number of thiophene rings is 1. The van der Waals surface area contributed by atoms with Gasteiger partial charge in [0, 0.05) is 10.5 Å². The summed E-state index contributed by atoms with van der Waals surface area (Å²) in [6.45, 7) is 0. The Balaban J connectivity index is 1.94. The van der Waals surface area contributed by atoms with Crippen LogP contribution in [-0.4, -0.2) is 39.6 Å². The summed E-state index contributed by atoms with van der Waals surface area (Å²) in [4.78, 5) is 25.3. The van der Waals surface area contributed by atoms with E-state index in [2.05, 4.69) is 0 Å². The van der Waals surface area contributed by atoms with Gasteiger partial charge in [0.1, 0.15) is 11.9 Å². The fourth-order valence-electron chi connectivity index (χ4n) is 2.10. The van der Waals surface area contributed by atoms with Gasteiger partial charge in [-0.05, 0) is 23.6 Å². The summed E-state index contributed by atoms with van der Waals surface area (Å²) in [6, 6.07) is 5.24. The Morgan fingerprint density at radius 2 is 2.15 bits per heavy atom. The predicted octanol–water partition coefficient (Wildman–Crippen LogP) is 2.64. The highest BCUT2D eigenvalue weighted by atomic mass is 32.2. The van der Waals surface area contributed by atoms with Crippen LogP contribution in [0.25, 0.3) is 10.1 Å². The van der Waals surface area contributed by atoms with Crippen molar-refractivity contribution in [2.24, 2.45) is 0 Å². The van der Waals surface area contributed by atoms with Crippen LogP contribution in [0.3, 0.4) is 0 Å². The number of hydrogen-bond donors (Lipinski definition) is 1. The standard InChI is InChI=1S/C13H10FNO3S2/c14-8-2-1-7-3-11(20-10(7)4-8)12(16)15-6-19-5-9(15)13(17)18/h1-4,9H,5-6H2,(H,17,18)/t9-/m0/s1. The third kappa shape index (κ3) is 2.27. The number of aliphatic carboxylic acids is 1. The van der Waals surface area contributed by atoms with E-state index in [1.54, 1.807) is 12.1 Å². The van der Waals surface area contributed by atoms with Gasteiger partial charge in [-0.25, -0.2) is 9.18 Å². The Hall–Kier alpha value is -1.60. The number of carboxylic acids is 1. The van der Waals surface area contributed by atoms with Crippen molar-refractivity contribution in [3.05, 3.63) is 35.0 Å². The minimum absolute atomic E-state index is 0.302. The van der Waals surface area contributed by atoms with Crippen LogP contribution in [0, 0.1) is 5.82 Å². The monoisotopic (exact) mass is 311 g/mol. The zero-order valence-electron chi connectivity index (χ0n) is 10.2. The molecule has 0 unspecified atom stereocenters. The second-order valence-corrected chi connectivity index (χ2v) is 6.51. The first-order valence-corrected chi connectivity index (χ1v) is 7.84. The first-order chi connectivity index (χ1) is 9.56. The summed E-state index contributed by atoms with van der Waals surface area (Å²) < 4.78 is 13.8. The minimum atomic E-state index is -0.990. The summed E-state index contributed by atoms with van der Waals surface area (Å²) in [6.07, 6.45) is 0. The highest BCUT2D eigenvalue weighted by Gasteiger charge is 2.35. The fraction of sp³-hybridized carbons (Fsp3) is 0.231. The molecule has 1 fully saturated rings. The SMILES string of the molecule is O=C(O)[C@@H]1CSCN1C(=O)c1cc2ccc(F)cc2s1. The van der Waals surface area contributed by atoms with Crippen molar-refractivity contribution in [2.75, 3.05) is 11.6 Å². The number of amides is 1. The average molecular weight is 311 g/mol. The van der Waals surface area contributed by atoms with Gasteiger partial charge in [-0.1, -0.05) is 6.07 Å². The molecule has 1 atom stereocenters. The summed E-state index contributed by atoms with van der Waals surface area (Å²) in [5.41, 5.74) is 0. The maximum Gasteiger partial charge on any atom is 0.327 e. The van der Waals surface area contributed by atoms with Crippen molar-refractivity contribution in [2.45, 2.75) is 6.04 Å². The number of nitrogens with zero attached hydrogens (tertiary/aromatic N) is 1. The van der Waals surface area contributed by atoms with Gasteiger partial charge in [0.25, 0.3) is 5.91 Å². The molecule has 7 heteroatoms. The van der Waals surface area contributed by atoms with Crippen LogP contribution in [0.1, 0.15) is 9.67 Å². The minimum Gasteiger partial charge on any atom is -0.480 e. The van der Waals surface area contributed by atoms with E-state index >= 15 is 0 Å². The Kier molecular flexibility index (Phi) is 3.39. The van der Waals surface area contributed by atoms with Crippen LogP contribution in [-0.2, 0) is 4.79 Å². The zero-order chi connectivity index (χ0) is 14.3. The van der Waals surface area contributed by atoms with Crippen molar-refractivity contribution < 1.29 is 19.1 Å². The van der Waals surface area contributed by atoms with Gasteiger partial charge in [0.2, 0.25) is 0 Å². The summed E-state index contributed by atoms with van der Waals surface area (Å²) in [7, 11) is 0. The molecule has 3 rings (SSSR count). The molecule has 0 bridgehead atoms. The zero-order valence-corrected chi connectivity index (χ0v) is 11.8. The third-order valence-electron chi connectivity index (χ3n) is 3.12. The third-order valence-corrected chi connectivity index (χ3v) is 5.22. The molecule has 1 amide bonds. The number of carboxylic acid groups (broad SMARTS) is 1. The fourth-order valence-corrected chi connectivity index (χ4v) is 4.29. The van der Waals surface area contributed by atoms with E-state index in [9.17, 15) is 14.0 Å². The molecule has 1 saturated heterocycles. The summed E-state index contributed by atoms with van der Waals surface area (Å²) in [5, 5.41) is 9.89. The van der Waals surface area contributed by atoms with E-state index in [4.69, 9.17) is 5.11 Å². The number of carbonyl (C=O) groups excluding carboxylic acids is 1. The maximum atomic E-state index is 13.1. The Morgan fingerprint density at radius 1 is 1.35 bits per heavy atom. The van der Waals surface area contributed by atoms with Gasteiger partial charge in [-0.15, -0.1) is 23.1 Å². The molecule has 104 valence electrons. The van der Waals surface area contributed by atoms with E-state index < -0.39 is 12.0 Å². The molecule has 0 radical (unpaired) electrons. The molecule has 1 aromatic carbocycles. The molecule has 1 aromatic heterocycles. The number of thioether (sulfide) groups is 1. The lowest BCUT2D eigenvalue weighted by molar-refractivity contribution is -0.140. The van der Waals surface area contributed by atoms with E-state index in [0.29, 0.717) is 21.2 Å². The number of halogens is 1. The molecule has 1 aliphatic rings. The molecule has 1 aliphatic heterocycles. The number of benzene rings is 1. The number of carbonyl (C=O) groups is 2. The molecule has 0 aliphatic carbocycles. The van der Waals surface area contributed by atoms with Crippen molar-refractivity contribution in [3.8, 4) is 0 Å². The van der Waals surface area contributed by atoms with E-state index in [-0.39, 0.29) is 11.7 Å². The van der Waals surface area contributed by atoms with Crippen LogP contribution in [0.15, 0.2) is 24.3 Å². The largest absolute Gasteiger partial charge is 0.480 e. The summed E-state index contributed by atoms with van der Waals surface area (Å²) >= 11 is 2.61. The summed E-state index contributed by atoms with van der Waals surface area (Å²) in [5.74, 6) is -0.864. The highest BCUT2D eigenvalue weighted by molar-refractivity contribution is 7.99. The van der Waals surface area contributed by atoms with E-state index in [0.717, 1.165) is 5.39 Å². The number of rotatable bonds is 2. The topological polar surface area (TPSA) is 57.6 Å². The van der Waals surface area contributed by atoms with Crippen LogP contribution in [0.5, 0.6) is 0 Å². The van der Waals surface area contributed by atoms with Crippen LogP contribution in [0.2, 0.25) is 0 Å². The van der Waals surface area contributed by atoms with Gasteiger partial charge in [0.05, 0.1) is 10.8 Å². The Bertz CT molecular complexity index is 700. The quantitative estimate of drug-likeness (QED) is 0.926. The second-order valence-electron chi connectivity index (χ2n) is 4.42. The molecular formula is C13H10FNO3S2. The average Bonchev–Trinajstić information content (AvgIpc) is 3.03. The first-order valence-electron chi connectivity index (χ1n) is 5.87. The Labute approximate surface area is 122 Å². The molecule has 20 heavy (non-hydrogen) atoms. The smallest absolute Gasteiger partial charge is 0.327 e. The van der Waals surface area contributed by atoms with Gasteiger partial charge in [-0.3, -0.25) is 4.79 Å². The van der Waals surface area contributed by atoms with Crippen molar-refractivity contribution in [3.63, 3.8) is 0 Å². The van der Waals surface area contributed by atoms with Crippen molar-refractivity contribution in [1.29, 1.82) is 0 Å². The van der Waals surface area contributed by atoms with Crippen LogP contribution >= 0.6 is 23.1 Å². The Morgan fingerprint density at radius 3 is 2.90 bits per heavy atom. The molecule has 2 heterocycles. The predicted molar refractivity (Wildman–Crippen MR) is 76.7 cm³/mol. The van der Waals surface area contributed by atoms with Gasteiger partial charge >= 0.3 is 5.97 Å². The van der Waals surface area contributed by atoms with Crippen LogP contribution in [0.4, 0.5) is 4.39 Å². The van der Waals surface area contributed by atoms with Crippen molar-refractivity contribution in [1.82, 2.24) is 4.90 Å². The number of fused-ring (bicyclic) bond motifs is 1. The lowest BCUT2D eigenvalue weighted by Crippen LogP contribution is -2.41. The second kappa shape index (κ2) is 5.06. The van der Waals surface area contributed by atoms with E-state index in [1.165, 1.54) is 40.1 Å². The molecule has 0 spiro atoms. The van der Waals surface area contributed by atoms with Crippen LogP contribution < -0.4 is 0 Å². The van der Waals surface area contributed by atoms with Gasteiger partial charge in [0.15, 0.2) is 0 Å². The van der Waals surface area contributed by atoms with Gasteiger partial charge in [-0.2, -0.15) is 0 Å². The highest BCUT2D eigenvalue weighted by Crippen LogP contribution is 2.30. The maximum absolute atomic E-state index is 13.1. The van der Waals surface area contributed by atoms with E-state index in [1.807, 2.05) is 0 Å². The molecule has 0 saturated carbocycles. The molecule has 4 nitrogen and oxygen atoms in total. The molecule has 1 N–H and O–H groups in total. The first kappa shape index (κ1) is 13.4. The number of hydrogen-bond acceptors (Lipinski definition) is 4. The lowest BCUT2D eigenvalue weighted by Gasteiger charge is -2.19. The molecule has 2 aromatic rings. The lowest BCUT2D eigenvalue weighted by atomic mass is 10.2. The van der Waals surface area contributed by atoms with Gasteiger partial charge < -0.3 is 10.0 Å². The normalized spacial score (nSPS) is 18.6. The molecular weight excluding hydrogens is 301 g/mol. The van der Waals surface area contributed by atoms with Crippen molar-refractivity contribution >= 4 is 45.1 Å².